The molecule has 2 heterocycles. The molecule has 0 radical (unpaired) electrons. The van der Waals surface area contributed by atoms with E-state index >= 15 is 0 Å². The third-order valence-corrected chi connectivity index (χ3v) is 2.07. The highest BCUT2D eigenvalue weighted by atomic mass is 15.1. The fraction of sp³-hybridized carbons (Fsp3) is 0.300. The van der Waals surface area contributed by atoms with Crippen LogP contribution in [0.1, 0.15) is 11.3 Å². The second-order valence-corrected chi connectivity index (χ2v) is 2.96. The molecule has 0 aromatic carbocycles. The van der Waals surface area contributed by atoms with Gasteiger partial charge in [0.2, 0.25) is 0 Å². The zero-order chi connectivity index (χ0) is 8.39. The molecular formula is C10H10N2. The molecule has 0 saturated heterocycles. The maximum Gasteiger partial charge on any atom is 0.0605 e. The Morgan fingerprint density at radius 3 is 3.25 bits per heavy atom. The molecule has 0 N–H and O–H groups in total. The van der Waals surface area contributed by atoms with Crippen LogP contribution in [-0.2, 0) is 13.1 Å². The summed E-state index contributed by atoms with van der Waals surface area (Å²) in [7, 11) is 0. The van der Waals surface area contributed by atoms with Crippen molar-refractivity contribution in [1.29, 1.82) is 0 Å². The van der Waals surface area contributed by atoms with E-state index in [1.54, 1.807) is 0 Å². The van der Waals surface area contributed by atoms with E-state index in [1.807, 2.05) is 12.3 Å². The molecule has 0 saturated carbocycles. The van der Waals surface area contributed by atoms with E-state index in [2.05, 4.69) is 21.9 Å². The van der Waals surface area contributed by atoms with E-state index in [0.717, 1.165) is 19.6 Å². The van der Waals surface area contributed by atoms with Gasteiger partial charge in [-0.2, -0.15) is 0 Å². The maximum atomic E-state index is 5.23. The van der Waals surface area contributed by atoms with Crippen molar-refractivity contribution in [1.82, 2.24) is 9.88 Å². The number of aromatic nitrogens is 1. The highest BCUT2D eigenvalue weighted by Crippen LogP contribution is 2.18. The van der Waals surface area contributed by atoms with Crippen LogP contribution in [0.2, 0.25) is 0 Å². The quantitative estimate of drug-likeness (QED) is 0.567. The molecule has 1 aliphatic heterocycles. The molecule has 0 fully saturated rings. The number of pyridine rings is 1. The fourth-order valence-electron chi connectivity index (χ4n) is 1.51. The van der Waals surface area contributed by atoms with E-state index in [4.69, 9.17) is 6.42 Å². The summed E-state index contributed by atoms with van der Waals surface area (Å²) in [5.74, 6) is 2.64. The minimum Gasteiger partial charge on any atom is -0.282 e. The first-order chi connectivity index (χ1) is 5.90. The first-order valence-electron chi connectivity index (χ1n) is 3.99. The van der Waals surface area contributed by atoms with Gasteiger partial charge < -0.3 is 0 Å². The van der Waals surface area contributed by atoms with Gasteiger partial charge in [0.05, 0.1) is 12.2 Å². The molecule has 0 unspecified atom stereocenters. The average Bonchev–Trinajstić information content (AvgIpc) is 2.47. The van der Waals surface area contributed by atoms with Crippen molar-refractivity contribution < 1.29 is 0 Å². The minimum atomic E-state index is 0.719. The molecule has 0 bridgehead atoms. The summed E-state index contributed by atoms with van der Waals surface area (Å²) in [4.78, 5) is 6.49. The Bertz CT molecular complexity index is 300. The van der Waals surface area contributed by atoms with E-state index in [0.29, 0.717) is 0 Å². The Kier molecular flexibility index (Phi) is 1.81. The number of rotatable bonds is 1. The van der Waals surface area contributed by atoms with Gasteiger partial charge in [-0.1, -0.05) is 12.0 Å². The Labute approximate surface area is 72.2 Å². The lowest BCUT2D eigenvalue weighted by Crippen LogP contribution is -2.16. The van der Waals surface area contributed by atoms with Crippen LogP contribution in [0.25, 0.3) is 0 Å². The number of hydrogen-bond acceptors (Lipinski definition) is 2. The predicted octanol–water partition coefficient (Wildman–Crippen LogP) is 1.03. The number of fused-ring (bicyclic) bond motifs is 1. The molecule has 0 atom stereocenters. The summed E-state index contributed by atoms with van der Waals surface area (Å²) in [6.07, 6.45) is 7.06. The van der Waals surface area contributed by atoms with Crippen molar-refractivity contribution in [2.45, 2.75) is 13.1 Å². The summed E-state index contributed by atoms with van der Waals surface area (Å²) >= 11 is 0. The average molecular weight is 158 g/mol. The van der Waals surface area contributed by atoms with E-state index in [1.165, 1.54) is 11.3 Å². The minimum absolute atomic E-state index is 0.719. The molecule has 0 amide bonds. The lowest BCUT2D eigenvalue weighted by atomic mass is 10.2. The molecule has 1 aliphatic rings. The summed E-state index contributed by atoms with van der Waals surface area (Å²) in [6, 6.07) is 4.08. The molecule has 1 aromatic rings. The molecule has 2 nitrogen and oxygen atoms in total. The van der Waals surface area contributed by atoms with Crippen LogP contribution >= 0.6 is 0 Å². The summed E-state index contributed by atoms with van der Waals surface area (Å²) < 4.78 is 0. The van der Waals surface area contributed by atoms with Gasteiger partial charge in [0.1, 0.15) is 0 Å². The van der Waals surface area contributed by atoms with Crippen LogP contribution in [0.15, 0.2) is 18.3 Å². The second-order valence-electron chi connectivity index (χ2n) is 2.96. The third-order valence-electron chi connectivity index (χ3n) is 2.07. The van der Waals surface area contributed by atoms with Crippen LogP contribution in [0.3, 0.4) is 0 Å². The highest BCUT2D eigenvalue weighted by molar-refractivity contribution is 5.23. The predicted molar refractivity (Wildman–Crippen MR) is 47.2 cm³/mol. The summed E-state index contributed by atoms with van der Waals surface area (Å²) in [6.45, 7) is 2.57. The molecule has 60 valence electrons. The summed E-state index contributed by atoms with van der Waals surface area (Å²) in [5.41, 5.74) is 2.49. The molecular weight excluding hydrogens is 148 g/mol. The van der Waals surface area contributed by atoms with Crippen LogP contribution < -0.4 is 0 Å². The van der Waals surface area contributed by atoms with Crippen LogP contribution in [-0.4, -0.2) is 16.4 Å². The second kappa shape index (κ2) is 2.96. The van der Waals surface area contributed by atoms with Gasteiger partial charge in [0, 0.05) is 19.3 Å². The van der Waals surface area contributed by atoms with Crippen LogP contribution in [0.4, 0.5) is 0 Å². The number of terminal acetylenes is 1. The van der Waals surface area contributed by atoms with Crippen molar-refractivity contribution >= 4 is 0 Å². The fourth-order valence-corrected chi connectivity index (χ4v) is 1.51. The zero-order valence-electron chi connectivity index (χ0n) is 6.83. The van der Waals surface area contributed by atoms with Crippen molar-refractivity contribution in [2.24, 2.45) is 0 Å². The Balaban J connectivity index is 2.18. The van der Waals surface area contributed by atoms with Crippen molar-refractivity contribution in [3.05, 3.63) is 29.6 Å². The van der Waals surface area contributed by atoms with Crippen LogP contribution in [0.5, 0.6) is 0 Å². The molecule has 2 rings (SSSR count). The number of hydrogen-bond donors (Lipinski definition) is 0. The van der Waals surface area contributed by atoms with Gasteiger partial charge in [-0.05, 0) is 11.6 Å². The van der Waals surface area contributed by atoms with Crippen LogP contribution in [0, 0.1) is 12.3 Å². The Morgan fingerprint density at radius 1 is 1.58 bits per heavy atom. The van der Waals surface area contributed by atoms with Gasteiger partial charge in [-0.25, -0.2) is 0 Å². The number of nitrogens with zero attached hydrogens (tertiary/aromatic N) is 2. The third kappa shape index (κ3) is 1.19. The first kappa shape index (κ1) is 7.33. The van der Waals surface area contributed by atoms with Gasteiger partial charge in [-0.3, -0.25) is 9.88 Å². The topological polar surface area (TPSA) is 16.1 Å². The monoisotopic (exact) mass is 158 g/mol. The lowest BCUT2D eigenvalue weighted by molar-refractivity contribution is 0.320. The largest absolute Gasteiger partial charge is 0.282 e. The molecule has 2 heteroatoms. The zero-order valence-corrected chi connectivity index (χ0v) is 6.83. The van der Waals surface area contributed by atoms with Crippen molar-refractivity contribution in [3.8, 4) is 12.3 Å². The Hall–Kier alpha value is -1.33. The van der Waals surface area contributed by atoms with Gasteiger partial charge in [0.25, 0.3) is 0 Å². The highest BCUT2D eigenvalue weighted by Gasteiger charge is 2.17. The van der Waals surface area contributed by atoms with Gasteiger partial charge in [-0.15, -0.1) is 6.42 Å². The van der Waals surface area contributed by atoms with Gasteiger partial charge in [0.15, 0.2) is 0 Å². The standard InChI is InChI=1S/C10H10N2/c1-2-6-12-7-9-4-3-5-11-10(9)8-12/h1,3-5H,6-8H2. The molecule has 0 spiro atoms. The molecule has 1 aromatic heterocycles. The van der Waals surface area contributed by atoms with E-state index in [9.17, 15) is 0 Å². The SMILES string of the molecule is C#CCN1Cc2cccnc2C1. The molecule has 12 heavy (non-hydrogen) atoms. The first-order valence-corrected chi connectivity index (χ1v) is 3.99. The van der Waals surface area contributed by atoms with E-state index < -0.39 is 0 Å². The van der Waals surface area contributed by atoms with E-state index in [-0.39, 0.29) is 0 Å². The summed E-state index contributed by atoms with van der Waals surface area (Å²) in [5, 5.41) is 0. The maximum absolute atomic E-state index is 5.23. The molecule has 0 aliphatic carbocycles. The van der Waals surface area contributed by atoms with Crippen molar-refractivity contribution in [2.75, 3.05) is 6.54 Å². The lowest BCUT2D eigenvalue weighted by Gasteiger charge is -2.08. The smallest absolute Gasteiger partial charge is 0.0605 e. The Morgan fingerprint density at radius 2 is 2.50 bits per heavy atom. The van der Waals surface area contributed by atoms with Crippen molar-refractivity contribution in [3.63, 3.8) is 0 Å². The normalized spacial score (nSPS) is 15.6. The van der Waals surface area contributed by atoms with Gasteiger partial charge >= 0.3 is 0 Å².